The van der Waals surface area contributed by atoms with Gasteiger partial charge in [-0.25, -0.2) is 4.39 Å². The minimum atomic E-state index is -1.16. The van der Waals surface area contributed by atoms with Crippen LogP contribution in [-0.2, 0) is 0 Å². The first kappa shape index (κ1) is 16.1. The third-order valence-corrected chi connectivity index (χ3v) is 6.96. The number of benzene rings is 2. The Balaban J connectivity index is 1.67. The van der Waals surface area contributed by atoms with Crippen LogP contribution in [0.15, 0.2) is 36.4 Å². The highest BCUT2D eigenvalue weighted by atomic mass is 35.5. The van der Waals surface area contributed by atoms with E-state index in [1.807, 2.05) is 0 Å². The van der Waals surface area contributed by atoms with Gasteiger partial charge in [-0.05, 0) is 78.3 Å². The molecular formula is C21H18ClFNO2-. The van der Waals surface area contributed by atoms with Crippen LogP contribution < -0.4 is 10.4 Å². The zero-order valence-electron chi connectivity index (χ0n) is 14.0. The monoisotopic (exact) mass is 370 g/mol. The van der Waals surface area contributed by atoms with Crippen LogP contribution in [0.1, 0.15) is 52.7 Å². The molecule has 1 N–H and O–H groups in total. The summed E-state index contributed by atoms with van der Waals surface area (Å²) in [6.45, 7) is 0. The molecule has 5 atom stereocenters. The molecule has 0 spiro atoms. The zero-order valence-corrected chi connectivity index (χ0v) is 14.8. The van der Waals surface area contributed by atoms with Crippen molar-refractivity contribution in [2.24, 2.45) is 17.8 Å². The Hall–Kier alpha value is -2.07. The maximum absolute atomic E-state index is 14.7. The largest absolute Gasteiger partial charge is 0.545 e. The smallest absolute Gasteiger partial charge is 0.129 e. The van der Waals surface area contributed by atoms with Gasteiger partial charge in [-0.15, -0.1) is 0 Å². The standard InChI is InChI=1S/C21H19ClFNO2/c22-14-2-1-3-15(23)19(14)20-18-11-5-4-10(8-11)17(18)13-9-12(21(25)26)6-7-16(13)24-20/h1-3,6-7,9-11,17-18,20,24H,4-5,8H2,(H,25,26)/p-1/t10-,11-,17+,18-,20-/m0/s1. The summed E-state index contributed by atoms with van der Waals surface area (Å²) >= 11 is 6.38. The topological polar surface area (TPSA) is 52.2 Å². The van der Waals surface area contributed by atoms with Crippen LogP contribution in [0.2, 0.25) is 5.02 Å². The number of hydrogen-bond acceptors (Lipinski definition) is 3. The average molecular weight is 371 g/mol. The SMILES string of the molecule is O=C([O-])c1ccc2c(c1)[C@H]1[C@H]3CC[C@@H](C3)[C@@H]1[C@@H](c1c(F)cccc1Cl)N2. The zero-order chi connectivity index (χ0) is 18.0. The van der Waals surface area contributed by atoms with Gasteiger partial charge < -0.3 is 15.2 Å². The highest BCUT2D eigenvalue weighted by Gasteiger charge is 2.54. The van der Waals surface area contributed by atoms with Gasteiger partial charge in [0, 0.05) is 16.3 Å². The summed E-state index contributed by atoms with van der Waals surface area (Å²) in [6.07, 6.45) is 3.42. The number of hydrogen-bond donors (Lipinski definition) is 1. The predicted octanol–water partition coefficient (Wildman–Crippen LogP) is 4.14. The molecule has 2 aliphatic carbocycles. The number of anilines is 1. The Labute approximate surface area is 156 Å². The van der Waals surface area contributed by atoms with Gasteiger partial charge in [0.25, 0.3) is 0 Å². The Morgan fingerprint density at radius 1 is 1.19 bits per heavy atom. The first-order chi connectivity index (χ1) is 12.5. The minimum absolute atomic E-state index is 0.190. The van der Waals surface area contributed by atoms with Crippen molar-refractivity contribution in [2.45, 2.75) is 31.2 Å². The molecule has 2 aromatic rings. The normalized spacial score (nSPS) is 31.2. The third-order valence-electron chi connectivity index (χ3n) is 6.63. The van der Waals surface area contributed by atoms with Crippen molar-refractivity contribution in [2.75, 3.05) is 5.32 Å². The quantitative estimate of drug-likeness (QED) is 0.864. The van der Waals surface area contributed by atoms with Gasteiger partial charge in [0.05, 0.1) is 12.0 Å². The lowest BCUT2D eigenvalue weighted by Gasteiger charge is -2.44. The number of fused-ring (bicyclic) bond motifs is 7. The first-order valence-electron chi connectivity index (χ1n) is 9.10. The summed E-state index contributed by atoms with van der Waals surface area (Å²) in [5.41, 5.74) is 2.65. The fraction of sp³-hybridized carbons (Fsp3) is 0.381. The average Bonchev–Trinajstić information content (AvgIpc) is 3.23. The van der Waals surface area contributed by atoms with Gasteiger partial charge in [0.15, 0.2) is 0 Å². The van der Waals surface area contributed by atoms with Crippen LogP contribution in [0.4, 0.5) is 10.1 Å². The maximum Gasteiger partial charge on any atom is 0.129 e. The van der Waals surface area contributed by atoms with E-state index in [2.05, 4.69) is 5.32 Å². The van der Waals surface area contributed by atoms with Crippen LogP contribution in [0, 0.1) is 23.6 Å². The highest BCUT2D eigenvalue weighted by Crippen LogP contribution is 2.64. The summed E-state index contributed by atoms with van der Waals surface area (Å²) in [7, 11) is 0. The second kappa shape index (κ2) is 5.71. The lowest BCUT2D eigenvalue weighted by molar-refractivity contribution is -0.255. The molecule has 0 amide bonds. The van der Waals surface area contributed by atoms with E-state index in [1.165, 1.54) is 6.07 Å². The van der Waals surface area contributed by atoms with Crippen LogP contribution in [0.5, 0.6) is 0 Å². The second-order valence-electron chi connectivity index (χ2n) is 7.78. The molecule has 0 aromatic heterocycles. The summed E-state index contributed by atoms with van der Waals surface area (Å²) in [6, 6.07) is 9.71. The van der Waals surface area contributed by atoms with Gasteiger partial charge in [-0.2, -0.15) is 0 Å². The Kier molecular flexibility index (Phi) is 3.54. The van der Waals surface area contributed by atoms with Crippen LogP contribution in [-0.4, -0.2) is 5.97 Å². The van der Waals surface area contributed by atoms with E-state index in [1.54, 1.807) is 30.3 Å². The number of halogens is 2. The molecule has 0 radical (unpaired) electrons. The molecule has 2 fully saturated rings. The highest BCUT2D eigenvalue weighted by molar-refractivity contribution is 6.31. The third kappa shape index (κ3) is 2.21. The molecule has 1 aliphatic heterocycles. The van der Waals surface area contributed by atoms with Crippen molar-refractivity contribution in [3.8, 4) is 0 Å². The molecule has 2 bridgehead atoms. The van der Waals surface area contributed by atoms with Crippen molar-refractivity contribution in [3.05, 3.63) is 63.9 Å². The number of carboxylic acids is 1. The number of rotatable bonds is 2. The van der Waals surface area contributed by atoms with E-state index < -0.39 is 5.97 Å². The van der Waals surface area contributed by atoms with E-state index >= 15 is 0 Å². The molecule has 0 unspecified atom stereocenters. The van der Waals surface area contributed by atoms with Crippen molar-refractivity contribution in [1.29, 1.82) is 0 Å². The Morgan fingerprint density at radius 3 is 2.77 bits per heavy atom. The summed E-state index contributed by atoms with van der Waals surface area (Å²) in [5, 5.41) is 15.2. The molecule has 2 saturated carbocycles. The van der Waals surface area contributed by atoms with E-state index in [0.29, 0.717) is 22.4 Å². The molecule has 3 aliphatic rings. The maximum atomic E-state index is 14.7. The lowest BCUT2D eigenvalue weighted by atomic mass is 9.68. The molecular weight excluding hydrogens is 353 g/mol. The van der Waals surface area contributed by atoms with Crippen molar-refractivity contribution >= 4 is 23.3 Å². The molecule has 0 saturated heterocycles. The van der Waals surface area contributed by atoms with E-state index in [9.17, 15) is 14.3 Å². The first-order valence-corrected chi connectivity index (χ1v) is 9.48. The molecule has 134 valence electrons. The van der Waals surface area contributed by atoms with Crippen LogP contribution in [0.3, 0.4) is 0 Å². The summed E-state index contributed by atoms with van der Waals surface area (Å²) in [5.74, 6) is 0.0598. The van der Waals surface area contributed by atoms with Gasteiger partial charge >= 0.3 is 0 Å². The van der Waals surface area contributed by atoms with Crippen molar-refractivity contribution < 1.29 is 14.3 Å². The summed E-state index contributed by atoms with van der Waals surface area (Å²) < 4.78 is 14.7. The molecule has 2 aromatic carbocycles. The molecule has 26 heavy (non-hydrogen) atoms. The predicted molar refractivity (Wildman–Crippen MR) is 95.6 cm³/mol. The van der Waals surface area contributed by atoms with Gasteiger partial charge in [-0.1, -0.05) is 23.7 Å². The van der Waals surface area contributed by atoms with E-state index in [4.69, 9.17) is 11.6 Å². The Morgan fingerprint density at radius 2 is 2.00 bits per heavy atom. The Bertz CT molecular complexity index is 895. The molecule has 1 heterocycles. The minimum Gasteiger partial charge on any atom is -0.545 e. The van der Waals surface area contributed by atoms with Gasteiger partial charge in [0.2, 0.25) is 0 Å². The van der Waals surface area contributed by atoms with Crippen molar-refractivity contribution in [1.82, 2.24) is 0 Å². The van der Waals surface area contributed by atoms with Crippen LogP contribution in [0.25, 0.3) is 0 Å². The number of aromatic carboxylic acids is 1. The second-order valence-corrected chi connectivity index (χ2v) is 8.19. The molecule has 5 rings (SSSR count). The number of carbonyl (C=O) groups is 1. The van der Waals surface area contributed by atoms with Crippen LogP contribution >= 0.6 is 11.6 Å². The number of carboxylic acid groups (broad SMARTS) is 1. The molecule has 5 heteroatoms. The number of carbonyl (C=O) groups excluding carboxylic acids is 1. The fourth-order valence-electron chi connectivity index (χ4n) is 5.71. The fourth-order valence-corrected chi connectivity index (χ4v) is 5.99. The summed E-state index contributed by atoms with van der Waals surface area (Å²) in [4.78, 5) is 11.3. The number of nitrogens with one attached hydrogen (secondary N) is 1. The van der Waals surface area contributed by atoms with E-state index in [-0.39, 0.29) is 29.3 Å². The van der Waals surface area contributed by atoms with E-state index in [0.717, 1.165) is 30.5 Å². The van der Waals surface area contributed by atoms with Gasteiger partial charge in [0.1, 0.15) is 5.82 Å². The van der Waals surface area contributed by atoms with Crippen molar-refractivity contribution in [3.63, 3.8) is 0 Å². The lowest BCUT2D eigenvalue weighted by Crippen LogP contribution is -2.36. The molecule has 3 nitrogen and oxygen atoms in total. The van der Waals surface area contributed by atoms with Gasteiger partial charge in [-0.3, -0.25) is 0 Å².